The molecular formula is C16H21NO. The standard InChI is InChI=1S/C16H21NO/c18-16(10-12-6-8-17-9-7-12)15-5-4-13-2-1-3-14(13)11-15/h4-5,11-12,17H,1-3,6-10H2. The predicted molar refractivity (Wildman–Crippen MR) is 73.0 cm³/mol. The van der Waals surface area contributed by atoms with Crippen molar-refractivity contribution in [1.29, 1.82) is 0 Å². The van der Waals surface area contributed by atoms with E-state index in [9.17, 15) is 4.79 Å². The second-order valence-corrected chi connectivity index (χ2v) is 5.66. The van der Waals surface area contributed by atoms with Crippen molar-refractivity contribution in [3.8, 4) is 0 Å². The molecule has 0 unspecified atom stereocenters. The van der Waals surface area contributed by atoms with Gasteiger partial charge in [-0.1, -0.05) is 12.1 Å². The maximum absolute atomic E-state index is 12.3. The van der Waals surface area contributed by atoms with Crippen LogP contribution in [0.1, 0.15) is 47.2 Å². The minimum Gasteiger partial charge on any atom is -0.317 e. The molecule has 0 bridgehead atoms. The normalized spacial score (nSPS) is 19.8. The van der Waals surface area contributed by atoms with E-state index in [1.807, 2.05) is 6.07 Å². The fourth-order valence-electron chi connectivity index (χ4n) is 3.21. The molecule has 3 rings (SSSR count). The third kappa shape index (κ3) is 2.49. The Labute approximate surface area is 109 Å². The number of ketones is 1. The third-order valence-corrected chi connectivity index (χ3v) is 4.35. The van der Waals surface area contributed by atoms with Gasteiger partial charge in [0, 0.05) is 12.0 Å². The highest BCUT2D eigenvalue weighted by atomic mass is 16.1. The van der Waals surface area contributed by atoms with E-state index in [-0.39, 0.29) is 0 Å². The van der Waals surface area contributed by atoms with Crippen LogP contribution in [0.3, 0.4) is 0 Å². The number of carbonyl (C=O) groups excluding carboxylic acids is 1. The quantitative estimate of drug-likeness (QED) is 0.827. The number of fused-ring (bicyclic) bond motifs is 1. The molecule has 0 spiro atoms. The Balaban J connectivity index is 1.68. The molecule has 0 amide bonds. The van der Waals surface area contributed by atoms with Crippen molar-refractivity contribution in [2.24, 2.45) is 5.92 Å². The van der Waals surface area contributed by atoms with Crippen LogP contribution in [-0.4, -0.2) is 18.9 Å². The molecule has 1 aliphatic carbocycles. The molecular weight excluding hydrogens is 222 g/mol. The fraction of sp³-hybridized carbons (Fsp3) is 0.562. The number of Topliss-reactive ketones (excluding diaryl/α,β-unsaturated/α-hetero) is 1. The topological polar surface area (TPSA) is 29.1 Å². The first-order valence-corrected chi connectivity index (χ1v) is 7.18. The van der Waals surface area contributed by atoms with E-state index in [0.29, 0.717) is 11.7 Å². The minimum absolute atomic E-state index is 0.344. The summed E-state index contributed by atoms with van der Waals surface area (Å²) in [6.07, 6.45) is 6.64. The third-order valence-electron chi connectivity index (χ3n) is 4.35. The smallest absolute Gasteiger partial charge is 0.163 e. The maximum atomic E-state index is 12.3. The van der Waals surface area contributed by atoms with Gasteiger partial charge in [-0.25, -0.2) is 0 Å². The van der Waals surface area contributed by atoms with Crippen LogP contribution in [0.5, 0.6) is 0 Å². The summed E-state index contributed by atoms with van der Waals surface area (Å²) in [5.74, 6) is 0.934. The Morgan fingerprint density at radius 3 is 2.78 bits per heavy atom. The van der Waals surface area contributed by atoms with Crippen LogP contribution in [0.2, 0.25) is 0 Å². The van der Waals surface area contributed by atoms with Gasteiger partial charge in [0.25, 0.3) is 0 Å². The summed E-state index contributed by atoms with van der Waals surface area (Å²) in [6, 6.07) is 6.34. The Morgan fingerprint density at radius 2 is 1.94 bits per heavy atom. The first-order valence-electron chi connectivity index (χ1n) is 7.18. The van der Waals surface area contributed by atoms with Crippen LogP contribution >= 0.6 is 0 Å². The van der Waals surface area contributed by atoms with Crippen molar-refractivity contribution in [3.05, 3.63) is 34.9 Å². The Hall–Kier alpha value is -1.15. The lowest BCUT2D eigenvalue weighted by Gasteiger charge is -2.21. The molecule has 96 valence electrons. The van der Waals surface area contributed by atoms with E-state index in [0.717, 1.165) is 44.3 Å². The highest BCUT2D eigenvalue weighted by molar-refractivity contribution is 5.96. The van der Waals surface area contributed by atoms with Crippen LogP contribution in [0.4, 0.5) is 0 Å². The molecule has 2 aliphatic rings. The molecule has 1 aromatic carbocycles. The summed E-state index contributed by atoms with van der Waals surface area (Å²) in [6.45, 7) is 2.14. The van der Waals surface area contributed by atoms with Gasteiger partial charge >= 0.3 is 0 Å². The summed E-state index contributed by atoms with van der Waals surface area (Å²) in [5.41, 5.74) is 3.80. The highest BCUT2D eigenvalue weighted by Crippen LogP contribution is 2.25. The summed E-state index contributed by atoms with van der Waals surface area (Å²) in [7, 11) is 0. The van der Waals surface area contributed by atoms with E-state index in [4.69, 9.17) is 0 Å². The van der Waals surface area contributed by atoms with Gasteiger partial charge in [0.15, 0.2) is 5.78 Å². The molecule has 2 nitrogen and oxygen atoms in total. The zero-order chi connectivity index (χ0) is 12.4. The molecule has 0 atom stereocenters. The largest absolute Gasteiger partial charge is 0.317 e. The fourth-order valence-corrected chi connectivity index (χ4v) is 3.21. The van der Waals surface area contributed by atoms with Crippen LogP contribution in [-0.2, 0) is 12.8 Å². The van der Waals surface area contributed by atoms with E-state index >= 15 is 0 Å². The molecule has 1 aromatic rings. The molecule has 1 fully saturated rings. The number of carbonyl (C=O) groups is 1. The van der Waals surface area contributed by atoms with Gasteiger partial charge in [0.05, 0.1) is 0 Å². The zero-order valence-corrected chi connectivity index (χ0v) is 10.9. The Morgan fingerprint density at radius 1 is 1.17 bits per heavy atom. The van der Waals surface area contributed by atoms with Crippen LogP contribution < -0.4 is 5.32 Å². The van der Waals surface area contributed by atoms with Crippen molar-refractivity contribution in [2.75, 3.05) is 13.1 Å². The average molecular weight is 243 g/mol. The molecule has 2 heteroatoms. The van der Waals surface area contributed by atoms with Gasteiger partial charge in [-0.2, -0.15) is 0 Å². The first-order chi connectivity index (χ1) is 8.83. The monoisotopic (exact) mass is 243 g/mol. The number of rotatable bonds is 3. The van der Waals surface area contributed by atoms with Crippen molar-refractivity contribution in [3.63, 3.8) is 0 Å². The van der Waals surface area contributed by atoms with Gasteiger partial charge in [0.1, 0.15) is 0 Å². The molecule has 0 aromatic heterocycles. The predicted octanol–water partition coefficient (Wildman–Crippen LogP) is 2.75. The van der Waals surface area contributed by atoms with Gasteiger partial charge in [-0.05, 0) is 68.3 Å². The maximum Gasteiger partial charge on any atom is 0.163 e. The SMILES string of the molecule is O=C(CC1CCNCC1)c1ccc2c(c1)CCC2. The van der Waals surface area contributed by atoms with E-state index in [1.54, 1.807) is 0 Å². The lowest BCUT2D eigenvalue weighted by molar-refractivity contribution is 0.0952. The first kappa shape index (κ1) is 11.9. The molecule has 18 heavy (non-hydrogen) atoms. The molecule has 1 aliphatic heterocycles. The minimum atomic E-state index is 0.344. The van der Waals surface area contributed by atoms with Crippen LogP contribution in [0, 0.1) is 5.92 Å². The van der Waals surface area contributed by atoms with Gasteiger partial charge < -0.3 is 5.32 Å². The van der Waals surface area contributed by atoms with Gasteiger partial charge in [-0.15, -0.1) is 0 Å². The lowest BCUT2D eigenvalue weighted by Crippen LogP contribution is -2.28. The summed E-state index contributed by atoms with van der Waals surface area (Å²) in [5, 5.41) is 3.35. The van der Waals surface area contributed by atoms with Gasteiger partial charge in [-0.3, -0.25) is 4.79 Å². The van der Waals surface area contributed by atoms with Crippen molar-refractivity contribution in [2.45, 2.75) is 38.5 Å². The van der Waals surface area contributed by atoms with Crippen molar-refractivity contribution < 1.29 is 4.79 Å². The van der Waals surface area contributed by atoms with Gasteiger partial charge in [0.2, 0.25) is 0 Å². The zero-order valence-electron chi connectivity index (χ0n) is 10.9. The van der Waals surface area contributed by atoms with Crippen LogP contribution in [0.15, 0.2) is 18.2 Å². The second kappa shape index (κ2) is 5.23. The molecule has 1 saturated heterocycles. The summed E-state index contributed by atoms with van der Waals surface area (Å²) in [4.78, 5) is 12.3. The lowest BCUT2D eigenvalue weighted by atomic mass is 9.90. The van der Waals surface area contributed by atoms with E-state index in [2.05, 4.69) is 17.4 Å². The number of aryl methyl sites for hydroxylation is 2. The van der Waals surface area contributed by atoms with Crippen molar-refractivity contribution in [1.82, 2.24) is 5.32 Å². The van der Waals surface area contributed by atoms with E-state index < -0.39 is 0 Å². The Bertz CT molecular complexity index is 446. The average Bonchev–Trinajstić information content (AvgIpc) is 2.87. The molecule has 1 N–H and O–H groups in total. The Kier molecular flexibility index (Phi) is 3.46. The second-order valence-electron chi connectivity index (χ2n) is 5.66. The number of benzene rings is 1. The number of piperidine rings is 1. The number of hydrogen-bond acceptors (Lipinski definition) is 2. The molecule has 1 heterocycles. The van der Waals surface area contributed by atoms with E-state index in [1.165, 1.54) is 24.0 Å². The molecule has 0 saturated carbocycles. The summed E-state index contributed by atoms with van der Waals surface area (Å²) < 4.78 is 0. The molecule has 0 radical (unpaired) electrons. The number of hydrogen-bond donors (Lipinski definition) is 1. The number of nitrogens with one attached hydrogen (secondary N) is 1. The van der Waals surface area contributed by atoms with Crippen LogP contribution in [0.25, 0.3) is 0 Å². The highest BCUT2D eigenvalue weighted by Gasteiger charge is 2.19. The summed E-state index contributed by atoms with van der Waals surface area (Å²) >= 11 is 0. The van der Waals surface area contributed by atoms with Crippen molar-refractivity contribution >= 4 is 5.78 Å².